The van der Waals surface area contributed by atoms with Crippen molar-refractivity contribution in [2.45, 2.75) is 11.7 Å². The van der Waals surface area contributed by atoms with Crippen molar-refractivity contribution >= 4 is 40.7 Å². The highest BCUT2D eigenvalue weighted by atomic mass is 32.2. The normalized spacial score (nSPS) is 17.6. The van der Waals surface area contributed by atoms with Gasteiger partial charge in [-0.15, -0.1) is 5.10 Å². The number of amidine groups is 1. The number of methoxy groups -OCH3 is 1. The molecule has 29 heavy (non-hydrogen) atoms. The monoisotopic (exact) mass is 417 g/mol. The smallest absolute Gasteiger partial charge is 0.284 e. The van der Waals surface area contributed by atoms with Gasteiger partial charge in [0, 0.05) is 12.4 Å². The average Bonchev–Trinajstić information content (AvgIpc) is 3.28. The number of nitro groups is 1. The molecule has 0 saturated carbocycles. The number of nitro benzene ring substituents is 1. The second-order valence-electron chi connectivity index (χ2n) is 5.66. The van der Waals surface area contributed by atoms with Gasteiger partial charge in [-0.2, -0.15) is 5.10 Å². The van der Waals surface area contributed by atoms with Crippen molar-refractivity contribution in [1.29, 1.82) is 0 Å². The van der Waals surface area contributed by atoms with Gasteiger partial charge in [0.1, 0.15) is 17.3 Å². The Labute approximate surface area is 167 Å². The number of nitrogens with zero attached hydrogens (tertiary/aromatic N) is 3. The van der Waals surface area contributed by atoms with Crippen molar-refractivity contribution in [3.8, 4) is 17.1 Å². The highest BCUT2D eigenvalue weighted by Gasteiger charge is 2.30. The second-order valence-corrected chi connectivity index (χ2v) is 6.86. The first-order chi connectivity index (χ1) is 13.9. The van der Waals surface area contributed by atoms with E-state index in [0.29, 0.717) is 5.75 Å². The third kappa shape index (κ3) is 4.79. The Morgan fingerprint density at radius 2 is 2.21 bits per heavy atom. The van der Waals surface area contributed by atoms with Gasteiger partial charge in [0.15, 0.2) is 5.17 Å². The van der Waals surface area contributed by atoms with E-state index < -0.39 is 28.5 Å². The average molecular weight is 417 g/mol. The zero-order valence-electron chi connectivity index (χ0n) is 14.9. The highest BCUT2D eigenvalue weighted by Crippen LogP contribution is 2.34. The molecule has 0 bridgehead atoms. The summed E-state index contributed by atoms with van der Waals surface area (Å²) in [5.74, 6) is -0.947. The molecule has 0 spiro atoms. The van der Waals surface area contributed by atoms with Crippen LogP contribution >= 0.6 is 11.8 Å². The molecule has 1 fully saturated rings. The van der Waals surface area contributed by atoms with E-state index in [4.69, 9.17) is 9.15 Å². The number of hydrogen-bond acceptors (Lipinski definition) is 10. The van der Waals surface area contributed by atoms with Gasteiger partial charge in [-0.1, -0.05) is 11.8 Å². The molecule has 1 aliphatic rings. The van der Waals surface area contributed by atoms with Gasteiger partial charge >= 0.3 is 0 Å². The molecule has 1 N–H and O–H groups in total. The van der Waals surface area contributed by atoms with Crippen molar-refractivity contribution in [1.82, 2.24) is 5.32 Å². The lowest BCUT2D eigenvalue weighted by atomic mass is 10.1. The molecule has 1 aromatic carbocycles. The Morgan fingerprint density at radius 3 is 2.90 bits per heavy atom. The lowest BCUT2D eigenvalue weighted by molar-refractivity contribution is -0.384. The zero-order chi connectivity index (χ0) is 21.0. The van der Waals surface area contributed by atoms with Crippen molar-refractivity contribution in [2.75, 3.05) is 7.11 Å². The van der Waals surface area contributed by atoms with Crippen LogP contribution in [-0.2, 0) is 9.59 Å². The number of furan rings is 1. The number of amides is 1. The van der Waals surface area contributed by atoms with Crippen molar-refractivity contribution in [3.05, 3.63) is 46.2 Å². The van der Waals surface area contributed by atoms with Crippen LogP contribution < -0.4 is 15.2 Å². The summed E-state index contributed by atoms with van der Waals surface area (Å²) in [6.07, 6.45) is 0.825. The first kappa shape index (κ1) is 20.1. The van der Waals surface area contributed by atoms with E-state index in [1.807, 2.05) is 0 Å². The Balaban J connectivity index is 1.74. The van der Waals surface area contributed by atoms with Gasteiger partial charge in [-0.3, -0.25) is 14.9 Å². The predicted molar refractivity (Wildman–Crippen MR) is 102 cm³/mol. The van der Waals surface area contributed by atoms with Gasteiger partial charge in [-0.25, -0.2) is 0 Å². The summed E-state index contributed by atoms with van der Waals surface area (Å²) in [6.45, 7) is 0. The van der Waals surface area contributed by atoms with Crippen LogP contribution in [0.5, 0.6) is 5.75 Å². The van der Waals surface area contributed by atoms with Crippen molar-refractivity contribution in [3.63, 3.8) is 0 Å². The first-order valence-corrected chi connectivity index (χ1v) is 8.96. The summed E-state index contributed by atoms with van der Waals surface area (Å²) in [6, 6.07) is 7.48. The number of ether oxygens (including phenoxy) is 1. The van der Waals surface area contributed by atoms with Crippen LogP contribution in [0, 0.1) is 10.1 Å². The summed E-state index contributed by atoms with van der Waals surface area (Å²) in [5, 5.41) is 31.2. The van der Waals surface area contributed by atoms with E-state index in [1.165, 1.54) is 25.5 Å². The Hall–Kier alpha value is -3.67. The van der Waals surface area contributed by atoms with E-state index in [2.05, 4.69) is 15.5 Å². The Bertz CT molecular complexity index is 1030. The Morgan fingerprint density at radius 1 is 1.41 bits per heavy atom. The van der Waals surface area contributed by atoms with Gasteiger partial charge in [0.05, 0.1) is 35.1 Å². The molecule has 3 rings (SSSR count). The molecule has 1 amide bonds. The summed E-state index contributed by atoms with van der Waals surface area (Å²) in [4.78, 5) is 33.0. The minimum Gasteiger partial charge on any atom is -0.550 e. The number of carboxylic acid groups (broad SMARTS) is 1. The third-order valence-electron chi connectivity index (χ3n) is 3.76. The number of rotatable bonds is 7. The second kappa shape index (κ2) is 8.56. The van der Waals surface area contributed by atoms with Gasteiger partial charge in [0.25, 0.3) is 5.69 Å². The molecule has 2 heterocycles. The maximum absolute atomic E-state index is 11.6. The molecule has 1 aromatic heterocycles. The third-order valence-corrected chi connectivity index (χ3v) is 4.83. The molecule has 0 unspecified atom stereocenters. The standard InChI is InChI=1S/C17H14N4O7S/c1-27-9-2-4-11(12(6-9)21(25)26)13-5-3-10(28-13)8-18-20-17-19-16(24)14(29-17)7-15(22)23/h2-6,8,14H,7H2,1H3,(H,22,23)(H,19,20,24)/p-1/b18-8-/t14-/m0/s1. The predicted octanol–water partition coefficient (Wildman–Crippen LogP) is 0.925. The van der Waals surface area contributed by atoms with Crippen molar-refractivity contribution in [2.24, 2.45) is 10.2 Å². The molecule has 2 aromatic rings. The number of hydrogen-bond donors (Lipinski definition) is 1. The summed E-state index contributed by atoms with van der Waals surface area (Å²) in [7, 11) is 1.41. The SMILES string of the molecule is COc1ccc(-c2ccc(/C=N\N=C3\NC(=O)[C@H](CC(=O)[O-])S3)o2)c([N+](=O)[O-])c1. The van der Waals surface area contributed by atoms with Crippen LogP contribution in [0.1, 0.15) is 12.2 Å². The van der Waals surface area contributed by atoms with E-state index in [9.17, 15) is 24.8 Å². The van der Waals surface area contributed by atoms with Crippen LogP contribution in [0.15, 0.2) is 45.0 Å². The van der Waals surface area contributed by atoms with Crippen molar-refractivity contribution < 1.29 is 28.8 Å². The topological polar surface area (TPSA) is 159 Å². The number of aliphatic carboxylic acids is 1. The molecule has 12 heteroatoms. The molecule has 150 valence electrons. The number of nitrogens with one attached hydrogen (secondary N) is 1. The summed E-state index contributed by atoms with van der Waals surface area (Å²) < 4.78 is 10.6. The maximum atomic E-state index is 11.6. The molecular formula is C17H13N4O7S-. The van der Waals surface area contributed by atoms with Gasteiger partial charge in [0.2, 0.25) is 5.91 Å². The minimum atomic E-state index is -1.34. The zero-order valence-corrected chi connectivity index (χ0v) is 15.7. The van der Waals surface area contributed by atoms with Gasteiger partial charge < -0.3 is 24.4 Å². The fourth-order valence-electron chi connectivity index (χ4n) is 2.44. The van der Waals surface area contributed by atoms with E-state index in [1.54, 1.807) is 18.2 Å². The minimum absolute atomic E-state index is 0.148. The molecular weight excluding hydrogens is 404 g/mol. The summed E-state index contributed by atoms with van der Waals surface area (Å²) in [5.41, 5.74) is 0.0944. The lowest BCUT2D eigenvalue weighted by Crippen LogP contribution is -2.31. The summed E-state index contributed by atoms with van der Waals surface area (Å²) >= 11 is 0.930. The number of carbonyl (C=O) groups is 2. The molecule has 1 aliphatic heterocycles. The van der Waals surface area contributed by atoms with Crippen LogP contribution in [0.25, 0.3) is 11.3 Å². The lowest BCUT2D eigenvalue weighted by Gasteiger charge is -2.04. The highest BCUT2D eigenvalue weighted by molar-refractivity contribution is 8.15. The number of thioether (sulfide) groups is 1. The first-order valence-electron chi connectivity index (χ1n) is 8.08. The number of carbonyl (C=O) groups excluding carboxylic acids is 2. The fourth-order valence-corrected chi connectivity index (χ4v) is 3.35. The molecule has 0 radical (unpaired) electrons. The van der Waals surface area contributed by atoms with E-state index in [0.717, 1.165) is 11.8 Å². The number of carboxylic acids is 1. The molecule has 1 saturated heterocycles. The van der Waals surface area contributed by atoms with Crippen LogP contribution in [-0.4, -0.2) is 40.5 Å². The van der Waals surface area contributed by atoms with Crippen LogP contribution in [0.2, 0.25) is 0 Å². The fraction of sp³-hybridized carbons (Fsp3) is 0.176. The van der Waals surface area contributed by atoms with Crippen LogP contribution in [0.4, 0.5) is 5.69 Å². The maximum Gasteiger partial charge on any atom is 0.284 e. The quantitative estimate of drug-likeness (QED) is 0.395. The van der Waals surface area contributed by atoms with Crippen LogP contribution in [0.3, 0.4) is 0 Å². The van der Waals surface area contributed by atoms with E-state index in [-0.39, 0.29) is 27.9 Å². The number of benzene rings is 1. The Kier molecular flexibility index (Phi) is 5.93. The molecule has 0 aliphatic carbocycles. The molecule has 11 nitrogen and oxygen atoms in total. The van der Waals surface area contributed by atoms with Gasteiger partial charge in [-0.05, 0) is 24.3 Å². The van der Waals surface area contributed by atoms with E-state index >= 15 is 0 Å². The largest absolute Gasteiger partial charge is 0.550 e. The molecule has 1 atom stereocenters.